The smallest absolute Gasteiger partial charge is 0.306 e. The first-order chi connectivity index (χ1) is 29.5. The Morgan fingerprint density at radius 3 is 1.27 bits per heavy atom. The highest BCUT2D eigenvalue weighted by atomic mass is 16.5. The van der Waals surface area contributed by atoms with E-state index in [0.717, 1.165) is 64.2 Å². The number of carbonyl (C=O) groups is 2. The maximum Gasteiger partial charge on any atom is 0.306 e. The van der Waals surface area contributed by atoms with Crippen molar-refractivity contribution in [2.45, 2.75) is 264 Å². The number of hydrogen-bond donors (Lipinski definition) is 3. The van der Waals surface area contributed by atoms with Crippen molar-refractivity contribution in [3.8, 4) is 0 Å². The van der Waals surface area contributed by atoms with Gasteiger partial charge in [0.25, 0.3) is 0 Å². The number of unbranched alkanes of at least 4 members (excludes halogenated alkanes) is 25. The number of amides is 1. The van der Waals surface area contributed by atoms with Crippen LogP contribution in [-0.2, 0) is 14.3 Å². The molecule has 348 valence electrons. The minimum atomic E-state index is -0.818. The fourth-order valence-corrected chi connectivity index (χ4v) is 7.51. The van der Waals surface area contributed by atoms with Gasteiger partial charge in [0.1, 0.15) is 6.10 Å². The standard InChI is InChI=1S/C54H97NO5/c1-4-7-10-13-16-19-22-25-27-29-32-35-38-41-44-47-54(59)60-50(45-42-39-36-33-30-28-26-23-20-17-14-11-8-5-2)48-53(58)55-51(49-56)52(57)46-43-40-37-34-31-24-21-18-15-12-9-6-3/h8,11,17,20,26,28,33,36,42,45,50-52,56-57H,4-7,9-10,12-16,18-19,21-25,27,29-32,34-35,37-41,43-44,46-49H2,1-3H3,(H,55,58)/b11-8+,20-17+,28-26+,36-33+,45-42+. The Morgan fingerprint density at radius 1 is 0.500 bits per heavy atom. The molecule has 1 amide bonds. The molecule has 0 aliphatic heterocycles. The molecule has 0 heterocycles. The van der Waals surface area contributed by atoms with E-state index in [9.17, 15) is 19.8 Å². The summed E-state index contributed by atoms with van der Waals surface area (Å²) in [5.41, 5.74) is 0. The van der Waals surface area contributed by atoms with Crippen LogP contribution in [0, 0.1) is 0 Å². The molecule has 0 fully saturated rings. The second-order valence-corrected chi connectivity index (χ2v) is 17.2. The second kappa shape index (κ2) is 47.6. The number of esters is 1. The molecule has 6 heteroatoms. The molecule has 3 N–H and O–H groups in total. The normalized spacial score (nSPS) is 13.8. The molecular formula is C54H97NO5. The summed E-state index contributed by atoms with van der Waals surface area (Å²) in [6, 6.07) is -0.741. The van der Waals surface area contributed by atoms with Gasteiger partial charge < -0.3 is 20.3 Å². The number of nitrogens with one attached hydrogen (secondary N) is 1. The highest BCUT2D eigenvalue weighted by Gasteiger charge is 2.23. The Morgan fingerprint density at radius 2 is 0.867 bits per heavy atom. The third kappa shape index (κ3) is 42.3. The maximum absolute atomic E-state index is 13.2. The van der Waals surface area contributed by atoms with E-state index in [1.165, 1.54) is 135 Å². The van der Waals surface area contributed by atoms with Crippen molar-refractivity contribution >= 4 is 11.9 Å². The largest absolute Gasteiger partial charge is 0.458 e. The summed E-state index contributed by atoms with van der Waals surface area (Å²) < 4.78 is 5.82. The molecule has 3 atom stereocenters. The topological polar surface area (TPSA) is 95.9 Å². The number of hydrogen-bond acceptors (Lipinski definition) is 5. The maximum atomic E-state index is 13.2. The van der Waals surface area contributed by atoms with Crippen LogP contribution < -0.4 is 5.32 Å². The zero-order chi connectivity index (χ0) is 43.8. The van der Waals surface area contributed by atoms with E-state index >= 15 is 0 Å². The summed E-state index contributed by atoms with van der Waals surface area (Å²) in [6.45, 7) is 6.33. The van der Waals surface area contributed by atoms with Crippen LogP contribution in [0.25, 0.3) is 0 Å². The molecule has 0 radical (unpaired) electrons. The van der Waals surface area contributed by atoms with Crippen LogP contribution in [0.5, 0.6) is 0 Å². The molecule has 0 spiro atoms. The van der Waals surface area contributed by atoms with E-state index in [1.54, 1.807) is 6.08 Å². The number of allylic oxidation sites excluding steroid dienone is 9. The average Bonchev–Trinajstić information content (AvgIpc) is 3.24. The lowest BCUT2D eigenvalue weighted by Crippen LogP contribution is -2.46. The first-order valence-electron chi connectivity index (χ1n) is 25.5. The minimum absolute atomic E-state index is 0.0445. The van der Waals surface area contributed by atoms with E-state index < -0.39 is 18.2 Å². The van der Waals surface area contributed by atoms with E-state index in [2.05, 4.69) is 74.7 Å². The first-order valence-corrected chi connectivity index (χ1v) is 25.5. The third-order valence-corrected chi connectivity index (χ3v) is 11.4. The summed E-state index contributed by atoms with van der Waals surface area (Å²) in [7, 11) is 0. The Labute approximate surface area is 371 Å². The van der Waals surface area contributed by atoms with Crippen LogP contribution in [-0.4, -0.2) is 46.9 Å². The number of aliphatic hydroxyl groups is 2. The predicted octanol–water partition coefficient (Wildman–Crippen LogP) is 15.2. The van der Waals surface area contributed by atoms with Crippen LogP contribution >= 0.6 is 0 Å². The Balaban J connectivity index is 4.71. The molecular weight excluding hydrogens is 743 g/mol. The molecule has 0 aliphatic carbocycles. The molecule has 0 aromatic heterocycles. The van der Waals surface area contributed by atoms with Crippen LogP contribution in [0.3, 0.4) is 0 Å². The molecule has 0 rings (SSSR count). The lowest BCUT2D eigenvalue weighted by Gasteiger charge is -2.23. The Bertz CT molecular complexity index is 1080. The quantitative estimate of drug-likeness (QED) is 0.0322. The van der Waals surface area contributed by atoms with Gasteiger partial charge in [-0.2, -0.15) is 0 Å². The van der Waals surface area contributed by atoms with Crippen molar-refractivity contribution < 1.29 is 24.5 Å². The SMILES string of the molecule is CC/C=C/C/C=C/C/C=C/C/C=C/C/C=C/C(CC(=O)NC(CO)C(O)CCCCCCCCCCCCCC)OC(=O)CCCCCCCCCCCCCCCCC. The molecule has 0 saturated carbocycles. The molecule has 6 nitrogen and oxygen atoms in total. The Kier molecular flexibility index (Phi) is 45.7. The summed E-state index contributed by atoms with van der Waals surface area (Å²) >= 11 is 0. The van der Waals surface area contributed by atoms with Crippen LogP contribution in [0.2, 0.25) is 0 Å². The number of aliphatic hydroxyl groups excluding tert-OH is 2. The highest BCUT2D eigenvalue weighted by Crippen LogP contribution is 2.16. The minimum Gasteiger partial charge on any atom is -0.458 e. The first kappa shape index (κ1) is 57.6. The van der Waals surface area contributed by atoms with Gasteiger partial charge in [-0.3, -0.25) is 9.59 Å². The highest BCUT2D eigenvalue weighted by molar-refractivity contribution is 5.78. The second-order valence-electron chi connectivity index (χ2n) is 17.2. The van der Waals surface area contributed by atoms with Crippen LogP contribution in [0.1, 0.15) is 245 Å². The van der Waals surface area contributed by atoms with Gasteiger partial charge in [0.15, 0.2) is 0 Å². The average molecular weight is 840 g/mol. The number of carbonyl (C=O) groups excluding carboxylic acids is 2. The molecule has 60 heavy (non-hydrogen) atoms. The van der Waals surface area contributed by atoms with Gasteiger partial charge in [0.05, 0.1) is 25.2 Å². The predicted molar refractivity (Wildman–Crippen MR) is 259 cm³/mol. The van der Waals surface area contributed by atoms with E-state index in [4.69, 9.17) is 4.74 Å². The molecule has 0 aromatic carbocycles. The van der Waals surface area contributed by atoms with Crippen molar-refractivity contribution in [2.75, 3.05) is 6.61 Å². The van der Waals surface area contributed by atoms with Crippen LogP contribution in [0.4, 0.5) is 0 Å². The number of rotatable bonds is 45. The monoisotopic (exact) mass is 840 g/mol. The van der Waals surface area contributed by atoms with Crippen molar-refractivity contribution in [1.29, 1.82) is 0 Å². The summed E-state index contributed by atoms with van der Waals surface area (Å²) in [6.07, 6.45) is 58.8. The van der Waals surface area contributed by atoms with Crippen molar-refractivity contribution in [2.24, 2.45) is 0 Å². The Hall–Kier alpha value is -2.44. The third-order valence-electron chi connectivity index (χ3n) is 11.4. The van der Waals surface area contributed by atoms with E-state index in [-0.39, 0.29) is 24.9 Å². The van der Waals surface area contributed by atoms with Crippen LogP contribution in [0.15, 0.2) is 60.8 Å². The van der Waals surface area contributed by atoms with E-state index in [0.29, 0.717) is 19.3 Å². The fraction of sp³-hybridized carbons (Fsp3) is 0.778. The molecule has 0 saturated heterocycles. The van der Waals surface area contributed by atoms with Gasteiger partial charge in [0.2, 0.25) is 5.91 Å². The number of ether oxygens (including phenoxy) is 1. The zero-order valence-corrected chi connectivity index (χ0v) is 39.6. The van der Waals surface area contributed by atoms with Gasteiger partial charge in [-0.25, -0.2) is 0 Å². The summed E-state index contributed by atoms with van der Waals surface area (Å²) in [5.74, 6) is -0.623. The van der Waals surface area contributed by atoms with Gasteiger partial charge in [-0.05, 0) is 51.0 Å². The van der Waals surface area contributed by atoms with E-state index in [1.807, 2.05) is 6.08 Å². The van der Waals surface area contributed by atoms with Crippen molar-refractivity contribution in [3.05, 3.63) is 60.8 Å². The van der Waals surface area contributed by atoms with Gasteiger partial charge >= 0.3 is 5.97 Å². The zero-order valence-electron chi connectivity index (χ0n) is 39.6. The molecule has 0 aromatic rings. The summed E-state index contributed by atoms with van der Waals surface area (Å²) in [4.78, 5) is 26.1. The fourth-order valence-electron chi connectivity index (χ4n) is 7.51. The molecule has 3 unspecified atom stereocenters. The lowest BCUT2D eigenvalue weighted by molar-refractivity contribution is -0.148. The molecule has 0 aliphatic rings. The summed E-state index contributed by atoms with van der Waals surface area (Å²) in [5, 5.41) is 23.7. The molecule has 0 bridgehead atoms. The van der Waals surface area contributed by atoms with Gasteiger partial charge in [0, 0.05) is 6.42 Å². The van der Waals surface area contributed by atoms with Crippen molar-refractivity contribution in [3.63, 3.8) is 0 Å². The van der Waals surface area contributed by atoms with Crippen molar-refractivity contribution in [1.82, 2.24) is 5.32 Å². The van der Waals surface area contributed by atoms with Gasteiger partial charge in [-0.1, -0.05) is 242 Å². The lowest BCUT2D eigenvalue weighted by atomic mass is 10.0. The van der Waals surface area contributed by atoms with Gasteiger partial charge in [-0.15, -0.1) is 0 Å².